The molecule has 0 radical (unpaired) electrons. The number of nitrogens with one attached hydrogen (secondary N) is 1. The molecule has 4 rings (SSSR count). The van der Waals surface area contributed by atoms with Gasteiger partial charge in [-0.2, -0.15) is 0 Å². The average Bonchev–Trinajstić information content (AvgIpc) is 3.05. The predicted molar refractivity (Wildman–Crippen MR) is 77.1 cm³/mol. The molecular formula is C16H19N3. The van der Waals surface area contributed by atoms with Crippen LogP contribution < -0.4 is 5.32 Å². The molecule has 1 aromatic carbocycles. The van der Waals surface area contributed by atoms with Crippen LogP contribution in [0.1, 0.15) is 32.2 Å². The lowest BCUT2D eigenvalue weighted by molar-refractivity contribution is 0.308. The third-order valence-electron chi connectivity index (χ3n) is 4.68. The fourth-order valence-corrected chi connectivity index (χ4v) is 3.18. The van der Waals surface area contributed by atoms with Gasteiger partial charge in [0.1, 0.15) is 0 Å². The number of imidazole rings is 1. The first-order chi connectivity index (χ1) is 9.26. The minimum atomic E-state index is 0.505. The van der Waals surface area contributed by atoms with Gasteiger partial charge in [0.2, 0.25) is 5.95 Å². The van der Waals surface area contributed by atoms with Crippen molar-refractivity contribution in [1.29, 1.82) is 0 Å². The average molecular weight is 253 g/mol. The second-order valence-corrected chi connectivity index (χ2v) is 6.11. The second kappa shape index (κ2) is 3.86. The Morgan fingerprint density at radius 1 is 1.26 bits per heavy atom. The molecule has 0 amide bonds. The van der Waals surface area contributed by atoms with E-state index in [-0.39, 0.29) is 0 Å². The number of rotatable bonds is 2. The molecule has 3 heteroatoms. The number of fused-ring (bicyclic) bond motifs is 1. The van der Waals surface area contributed by atoms with Crippen LogP contribution in [0, 0.1) is 5.41 Å². The minimum Gasteiger partial charge on any atom is -0.356 e. The van der Waals surface area contributed by atoms with Gasteiger partial charge in [-0.15, -0.1) is 0 Å². The Morgan fingerprint density at radius 3 is 2.79 bits per heavy atom. The van der Waals surface area contributed by atoms with E-state index in [1.807, 2.05) is 6.07 Å². The molecule has 98 valence electrons. The van der Waals surface area contributed by atoms with Crippen molar-refractivity contribution in [1.82, 2.24) is 9.55 Å². The summed E-state index contributed by atoms with van der Waals surface area (Å²) in [6, 6.07) is 11.1. The highest BCUT2D eigenvalue weighted by molar-refractivity contribution is 5.61. The maximum absolute atomic E-state index is 4.76. The summed E-state index contributed by atoms with van der Waals surface area (Å²) < 4.78 is 2.37. The van der Waals surface area contributed by atoms with E-state index in [9.17, 15) is 0 Å². The Kier molecular flexibility index (Phi) is 2.25. The van der Waals surface area contributed by atoms with E-state index in [2.05, 4.69) is 47.3 Å². The van der Waals surface area contributed by atoms with Crippen molar-refractivity contribution in [3.63, 3.8) is 0 Å². The molecule has 2 heterocycles. The van der Waals surface area contributed by atoms with E-state index in [1.165, 1.54) is 24.8 Å². The lowest BCUT2D eigenvalue weighted by atomic mass is 9.94. The quantitative estimate of drug-likeness (QED) is 0.884. The van der Waals surface area contributed by atoms with Gasteiger partial charge in [0.25, 0.3) is 0 Å². The van der Waals surface area contributed by atoms with Gasteiger partial charge in [-0.05, 0) is 24.7 Å². The van der Waals surface area contributed by atoms with Crippen LogP contribution in [0.15, 0.2) is 36.5 Å². The number of benzene rings is 1. The number of anilines is 1. The zero-order valence-electron chi connectivity index (χ0n) is 11.3. The Labute approximate surface area is 113 Å². The van der Waals surface area contributed by atoms with Crippen LogP contribution in [-0.2, 0) is 0 Å². The molecule has 1 atom stereocenters. The normalized spacial score (nSPS) is 23.5. The van der Waals surface area contributed by atoms with Gasteiger partial charge in [-0.1, -0.05) is 37.3 Å². The van der Waals surface area contributed by atoms with Gasteiger partial charge in [0.15, 0.2) is 0 Å². The first kappa shape index (κ1) is 11.1. The van der Waals surface area contributed by atoms with Crippen molar-refractivity contribution in [3.8, 4) is 11.3 Å². The summed E-state index contributed by atoms with van der Waals surface area (Å²) in [6.07, 6.45) is 6.16. The van der Waals surface area contributed by atoms with E-state index >= 15 is 0 Å². The van der Waals surface area contributed by atoms with Crippen molar-refractivity contribution in [2.45, 2.75) is 32.2 Å². The zero-order chi connectivity index (χ0) is 12.9. The molecule has 1 aliphatic carbocycles. The second-order valence-electron chi connectivity index (χ2n) is 6.11. The third kappa shape index (κ3) is 1.76. The van der Waals surface area contributed by atoms with E-state index in [0.717, 1.165) is 18.2 Å². The molecule has 1 saturated carbocycles. The van der Waals surface area contributed by atoms with Crippen molar-refractivity contribution >= 4 is 5.95 Å². The molecular weight excluding hydrogens is 234 g/mol. The van der Waals surface area contributed by atoms with Crippen LogP contribution >= 0.6 is 0 Å². The van der Waals surface area contributed by atoms with E-state index in [4.69, 9.17) is 4.98 Å². The Hall–Kier alpha value is -1.77. The van der Waals surface area contributed by atoms with Crippen LogP contribution in [0.5, 0.6) is 0 Å². The van der Waals surface area contributed by atoms with Crippen molar-refractivity contribution in [3.05, 3.63) is 36.5 Å². The van der Waals surface area contributed by atoms with Crippen molar-refractivity contribution < 1.29 is 0 Å². The van der Waals surface area contributed by atoms with Crippen LogP contribution in [0.3, 0.4) is 0 Å². The molecule has 1 N–H and O–H groups in total. The monoisotopic (exact) mass is 253 g/mol. The first-order valence-corrected chi connectivity index (χ1v) is 7.14. The molecule has 1 aliphatic heterocycles. The molecule has 0 spiro atoms. The SMILES string of the molecule is CC1(C2CCNc3nc(-c4ccccc4)cn32)CC1. The molecule has 1 fully saturated rings. The Morgan fingerprint density at radius 2 is 2.05 bits per heavy atom. The van der Waals surface area contributed by atoms with E-state index in [1.54, 1.807) is 0 Å². The number of aromatic nitrogens is 2. The predicted octanol–water partition coefficient (Wildman–Crippen LogP) is 3.71. The summed E-state index contributed by atoms with van der Waals surface area (Å²) in [6.45, 7) is 3.46. The fourth-order valence-electron chi connectivity index (χ4n) is 3.18. The van der Waals surface area contributed by atoms with Crippen molar-refractivity contribution in [2.75, 3.05) is 11.9 Å². The summed E-state index contributed by atoms with van der Waals surface area (Å²) in [5.41, 5.74) is 2.79. The maximum Gasteiger partial charge on any atom is 0.203 e. The lowest BCUT2D eigenvalue weighted by Gasteiger charge is -2.30. The Balaban J connectivity index is 1.76. The summed E-state index contributed by atoms with van der Waals surface area (Å²) in [5.74, 6) is 1.04. The molecule has 3 nitrogen and oxygen atoms in total. The molecule has 0 saturated heterocycles. The van der Waals surface area contributed by atoms with Gasteiger partial charge in [-0.3, -0.25) is 0 Å². The van der Waals surface area contributed by atoms with Gasteiger partial charge in [-0.25, -0.2) is 4.98 Å². The van der Waals surface area contributed by atoms with Crippen molar-refractivity contribution in [2.24, 2.45) is 5.41 Å². The highest BCUT2D eigenvalue weighted by Gasteiger charge is 2.47. The number of nitrogens with zero attached hydrogens (tertiary/aromatic N) is 2. The highest BCUT2D eigenvalue weighted by atomic mass is 15.2. The highest BCUT2D eigenvalue weighted by Crippen LogP contribution is 2.56. The van der Waals surface area contributed by atoms with Gasteiger partial charge in [0, 0.05) is 24.3 Å². The maximum atomic E-state index is 4.76. The summed E-state index contributed by atoms with van der Waals surface area (Å²) in [4.78, 5) is 4.76. The lowest BCUT2D eigenvalue weighted by Crippen LogP contribution is -2.27. The Bertz CT molecular complexity index is 596. The van der Waals surface area contributed by atoms with Gasteiger partial charge in [0.05, 0.1) is 5.69 Å². The topological polar surface area (TPSA) is 29.9 Å². The molecule has 1 aromatic heterocycles. The van der Waals surface area contributed by atoms with Crippen LogP contribution in [0.4, 0.5) is 5.95 Å². The van der Waals surface area contributed by atoms with E-state index in [0.29, 0.717) is 11.5 Å². The molecule has 2 aliphatic rings. The van der Waals surface area contributed by atoms with Gasteiger partial charge < -0.3 is 9.88 Å². The summed E-state index contributed by atoms with van der Waals surface area (Å²) in [7, 11) is 0. The molecule has 0 bridgehead atoms. The molecule has 19 heavy (non-hydrogen) atoms. The molecule has 2 aromatic rings. The summed E-state index contributed by atoms with van der Waals surface area (Å²) >= 11 is 0. The van der Waals surface area contributed by atoms with Crippen LogP contribution in [0.2, 0.25) is 0 Å². The third-order valence-corrected chi connectivity index (χ3v) is 4.68. The first-order valence-electron chi connectivity index (χ1n) is 7.14. The number of hydrogen-bond acceptors (Lipinski definition) is 2. The fraction of sp³-hybridized carbons (Fsp3) is 0.438. The zero-order valence-corrected chi connectivity index (χ0v) is 11.3. The van der Waals surface area contributed by atoms with Crippen LogP contribution in [0.25, 0.3) is 11.3 Å². The smallest absolute Gasteiger partial charge is 0.203 e. The summed E-state index contributed by atoms with van der Waals surface area (Å²) in [5, 5.41) is 3.43. The van der Waals surface area contributed by atoms with Crippen LogP contribution in [-0.4, -0.2) is 16.1 Å². The molecule has 1 unspecified atom stereocenters. The minimum absolute atomic E-state index is 0.505. The number of hydrogen-bond donors (Lipinski definition) is 1. The standard InChI is InChI=1S/C16H19N3/c1-16(8-9-16)14-7-10-17-15-18-13(11-19(14)15)12-5-3-2-4-6-12/h2-6,11,14H,7-10H2,1H3,(H,17,18). The largest absolute Gasteiger partial charge is 0.356 e. The van der Waals surface area contributed by atoms with E-state index < -0.39 is 0 Å². The van der Waals surface area contributed by atoms with Gasteiger partial charge >= 0.3 is 0 Å².